The van der Waals surface area contributed by atoms with Crippen molar-refractivity contribution < 1.29 is 13.2 Å². The lowest BCUT2D eigenvalue weighted by atomic mass is 10.1. The van der Waals surface area contributed by atoms with E-state index in [4.69, 9.17) is 5.26 Å². The SMILES string of the molecule is N#Cc1cnc(Br)cc1C(F)(F)F. The van der Waals surface area contributed by atoms with E-state index in [9.17, 15) is 13.2 Å². The van der Waals surface area contributed by atoms with Crippen LogP contribution in [0.5, 0.6) is 0 Å². The van der Waals surface area contributed by atoms with Gasteiger partial charge in [0.2, 0.25) is 0 Å². The smallest absolute Gasteiger partial charge is 0.248 e. The summed E-state index contributed by atoms with van der Waals surface area (Å²) in [5.41, 5.74) is -1.45. The maximum atomic E-state index is 12.2. The molecule has 0 aromatic carbocycles. The summed E-state index contributed by atoms with van der Waals surface area (Å²) < 4.78 is 36.7. The van der Waals surface area contributed by atoms with Crippen LogP contribution >= 0.6 is 15.9 Å². The molecule has 0 amide bonds. The summed E-state index contributed by atoms with van der Waals surface area (Å²) in [5, 5.41) is 8.37. The van der Waals surface area contributed by atoms with Crippen LogP contribution in [0.3, 0.4) is 0 Å². The number of nitriles is 1. The van der Waals surface area contributed by atoms with Gasteiger partial charge < -0.3 is 0 Å². The Balaban J connectivity index is 3.35. The first-order valence-electron chi connectivity index (χ1n) is 3.08. The van der Waals surface area contributed by atoms with Gasteiger partial charge in [-0.25, -0.2) is 4.98 Å². The fourth-order valence-electron chi connectivity index (χ4n) is 0.754. The van der Waals surface area contributed by atoms with Crippen molar-refractivity contribution >= 4 is 15.9 Å². The third-order valence-electron chi connectivity index (χ3n) is 1.30. The number of alkyl halides is 3. The molecule has 0 radical (unpaired) electrons. The minimum absolute atomic E-state index is 0.0545. The molecule has 2 nitrogen and oxygen atoms in total. The Morgan fingerprint density at radius 2 is 2.08 bits per heavy atom. The van der Waals surface area contributed by atoms with Gasteiger partial charge in [0, 0.05) is 6.20 Å². The van der Waals surface area contributed by atoms with Crippen LogP contribution < -0.4 is 0 Å². The van der Waals surface area contributed by atoms with Gasteiger partial charge in [-0.05, 0) is 22.0 Å². The summed E-state index contributed by atoms with van der Waals surface area (Å²) in [6.07, 6.45) is -3.64. The van der Waals surface area contributed by atoms with Crippen molar-refractivity contribution in [2.45, 2.75) is 6.18 Å². The van der Waals surface area contributed by atoms with Crippen LogP contribution in [0.4, 0.5) is 13.2 Å². The highest BCUT2D eigenvalue weighted by Gasteiger charge is 2.33. The van der Waals surface area contributed by atoms with Gasteiger partial charge in [-0.1, -0.05) is 0 Å². The Kier molecular flexibility index (Phi) is 2.57. The molecule has 0 unspecified atom stereocenters. The van der Waals surface area contributed by atoms with Crippen LogP contribution in [-0.4, -0.2) is 4.98 Å². The van der Waals surface area contributed by atoms with Crippen LogP contribution in [0.15, 0.2) is 16.9 Å². The quantitative estimate of drug-likeness (QED) is 0.664. The van der Waals surface area contributed by atoms with Crippen molar-refractivity contribution in [3.8, 4) is 6.07 Å². The highest BCUT2D eigenvalue weighted by atomic mass is 79.9. The van der Waals surface area contributed by atoms with Gasteiger partial charge in [-0.3, -0.25) is 0 Å². The number of aromatic nitrogens is 1. The zero-order valence-corrected chi connectivity index (χ0v) is 7.65. The third-order valence-corrected chi connectivity index (χ3v) is 1.73. The molecule has 1 rings (SSSR count). The summed E-state index contributed by atoms with van der Waals surface area (Å²) in [6.45, 7) is 0. The van der Waals surface area contributed by atoms with Crippen LogP contribution in [0, 0.1) is 11.3 Å². The molecule has 0 aliphatic carbocycles. The van der Waals surface area contributed by atoms with E-state index in [-0.39, 0.29) is 4.60 Å². The Bertz CT molecular complexity index is 367. The topological polar surface area (TPSA) is 36.7 Å². The van der Waals surface area contributed by atoms with Crippen molar-refractivity contribution in [3.05, 3.63) is 28.0 Å². The van der Waals surface area contributed by atoms with E-state index < -0.39 is 17.3 Å². The van der Waals surface area contributed by atoms with Crippen molar-refractivity contribution in [3.63, 3.8) is 0 Å². The van der Waals surface area contributed by atoms with E-state index in [1.165, 1.54) is 6.07 Å². The highest BCUT2D eigenvalue weighted by Crippen LogP contribution is 2.32. The molecule has 68 valence electrons. The lowest BCUT2D eigenvalue weighted by Crippen LogP contribution is -2.08. The number of nitrogens with zero attached hydrogens (tertiary/aromatic N) is 2. The molecule has 0 N–H and O–H groups in total. The lowest BCUT2D eigenvalue weighted by molar-refractivity contribution is -0.137. The van der Waals surface area contributed by atoms with Crippen LogP contribution in [0.1, 0.15) is 11.1 Å². The van der Waals surface area contributed by atoms with Crippen molar-refractivity contribution in [2.75, 3.05) is 0 Å². The minimum atomic E-state index is -4.52. The van der Waals surface area contributed by atoms with E-state index in [0.717, 1.165) is 12.3 Å². The second-order valence-corrected chi connectivity index (χ2v) is 2.97. The largest absolute Gasteiger partial charge is 0.417 e. The third kappa shape index (κ3) is 2.18. The number of hydrogen-bond donors (Lipinski definition) is 0. The first kappa shape index (κ1) is 9.99. The molecule has 0 aliphatic rings. The number of hydrogen-bond acceptors (Lipinski definition) is 2. The van der Waals surface area contributed by atoms with Crippen molar-refractivity contribution in [2.24, 2.45) is 0 Å². The van der Waals surface area contributed by atoms with Crippen LogP contribution in [0.25, 0.3) is 0 Å². The summed E-state index contributed by atoms with van der Waals surface area (Å²) in [4.78, 5) is 3.52. The van der Waals surface area contributed by atoms with Gasteiger partial charge in [0.25, 0.3) is 0 Å². The zero-order chi connectivity index (χ0) is 10.1. The Hall–Kier alpha value is -1.09. The number of pyridine rings is 1. The number of halogens is 4. The first-order valence-corrected chi connectivity index (χ1v) is 3.87. The molecule has 1 aromatic heterocycles. The molecule has 0 atom stereocenters. The van der Waals surface area contributed by atoms with E-state index in [0.29, 0.717) is 0 Å². The summed E-state index contributed by atoms with van der Waals surface area (Å²) in [6, 6.07) is 2.20. The van der Waals surface area contributed by atoms with Crippen LogP contribution in [-0.2, 0) is 6.18 Å². The average molecular weight is 251 g/mol. The summed E-state index contributed by atoms with van der Waals surface area (Å²) in [5.74, 6) is 0. The van der Waals surface area contributed by atoms with E-state index in [1.807, 2.05) is 0 Å². The highest BCUT2D eigenvalue weighted by molar-refractivity contribution is 9.10. The Morgan fingerprint density at radius 1 is 1.46 bits per heavy atom. The standard InChI is InChI=1S/C7H2BrF3N2/c8-6-1-5(7(9,10)11)4(2-12)3-13-6/h1,3H. The predicted octanol–water partition coefficient (Wildman–Crippen LogP) is 2.73. The normalized spacial score (nSPS) is 11.0. The molecule has 13 heavy (non-hydrogen) atoms. The summed E-state index contributed by atoms with van der Waals surface area (Å²) >= 11 is 2.80. The van der Waals surface area contributed by atoms with Gasteiger partial charge in [0.05, 0.1) is 11.1 Å². The minimum Gasteiger partial charge on any atom is -0.248 e. The summed E-state index contributed by atoms with van der Waals surface area (Å²) in [7, 11) is 0. The van der Waals surface area contributed by atoms with Gasteiger partial charge in [0.1, 0.15) is 10.7 Å². The molecule has 0 saturated carbocycles. The van der Waals surface area contributed by atoms with Crippen molar-refractivity contribution in [1.82, 2.24) is 4.98 Å². The van der Waals surface area contributed by atoms with E-state index in [2.05, 4.69) is 20.9 Å². The van der Waals surface area contributed by atoms with Gasteiger partial charge >= 0.3 is 6.18 Å². The van der Waals surface area contributed by atoms with Gasteiger partial charge in [0.15, 0.2) is 0 Å². The molecule has 0 aliphatic heterocycles. The van der Waals surface area contributed by atoms with Gasteiger partial charge in [-0.2, -0.15) is 18.4 Å². The maximum absolute atomic E-state index is 12.2. The predicted molar refractivity (Wildman–Crippen MR) is 41.7 cm³/mol. The molecule has 0 spiro atoms. The molecule has 0 fully saturated rings. The Morgan fingerprint density at radius 3 is 2.54 bits per heavy atom. The van der Waals surface area contributed by atoms with Gasteiger partial charge in [-0.15, -0.1) is 0 Å². The lowest BCUT2D eigenvalue weighted by Gasteiger charge is -2.07. The molecular formula is C7H2BrF3N2. The Labute approximate surface area is 80.1 Å². The first-order chi connectivity index (χ1) is 5.95. The fourth-order valence-corrected chi connectivity index (χ4v) is 1.08. The van der Waals surface area contributed by atoms with Crippen molar-refractivity contribution in [1.29, 1.82) is 5.26 Å². The maximum Gasteiger partial charge on any atom is 0.417 e. The average Bonchev–Trinajstić information content (AvgIpc) is 2.03. The molecule has 0 saturated heterocycles. The van der Waals surface area contributed by atoms with Crippen LogP contribution in [0.2, 0.25) is 0 Å². The van der Waals surface area contributed by atoms with E-state index >= 15 is 0 Å². The fraction of sp³-hybridized carbons (Fsp3) is 0.143. The molecule has 0 bridgehead atoms. The number of rotatable bonds is 0. The second kappa shape index (κ2) is 3.34. The monoisotopic (exact) mass is 250 g/mol. The van der Waals surface area contributed by atoms with E-state index in [1.54, 1.807) is 0 Å². The molecule has 1 heterocycles. The molecular weight excluding hydrogens is 249 g/mol. The zero-order valence-electron chi connectivity index (χ0n) is 6.06. The second-order valence-electron chi connectivity index (χ2n) is 2.16. The molecule has 6 heteroatoms. The molecule has 1 aromatic rings.